The Morgan fingerprint density at radius 1 is 1.09 bits per heavy atom. The summed E-state index contributed by atoms with van der Waals surface area (Å²) in [7, 11) is 0. The van der Waals surface area contributed by atoms with Gasteiger partial charge in [-0.2, -0.15) is 0 Å². The van der Waals surface area contributed by atoms with Gasteiger partial charge in [0.2, 0.25) is 16.9 Å². The van der Waals surface area contributed by atoms with E-state index in [-0.39, 0.29) is 30.8 Å². The van der Waals surface area contributed by atoms with Gasteiger partial charge in [-0.3, -0.25) is 14.4 Å². The van der Waals surface area contributed by atoms with Crippen molar-refractivity contribution in [3.63, 3.8) is 0 Å². The van der Waals surface area contributed by atoms with E-state index < -0.39 is 29.2 Å². The smallest absolute Gasteiger partial charge is 0.408 e. The van der Waals surface area contributed by atoms with Crippen LogP contribution in [0.3, 0.4) is 0 Å². The Labute approximate surface area is 204 Å². The molecule has 0 bridgehead atoms. The van der Waals surface area contributed by atoms with E-state index in [4.69, 9.17) is 4.74 Å². The highest BCUT2D eigenvalue weighted by molar-refractivity contribution is 7.96. The van der Waals surface area contributed by atoms with Crippen molar-refractivity contribution < 1.29 is 23.9 Å². The summed E-state index contributed by atoms with van der Waals surface area (Å²) in [6, 6.07) is 11.9. The number of alkyl carbamates (subject to hydrolysis) is 1. The highest BCUT2D eigenvalue weighted by Crippen LogP contribution is 2.18. The molecule has 3 rings (SSSR count). The maximum atomic E-state index is 12.9. The molecule has 0 unspecified atom stereocenters. The summed E-state index contributed by atoms with van der Waals surface area (Å²) in [5, 5.41) is 9.58. The fourth-order valence-corrected chi connectivity index (χ4v) is 4.18. The van der Waals surface area contributed by atoms with Crippen molar-refractivity contribution in [3.05, 3.63) is 48.0 Å². The van der Waals surface area contributed by atoms with Gasteiger partial charge >= 0.3 is 6.09 Å². The fourth-order valence-electron chi connectivity index (χ4n) is 4.01. The summed E-state index contributed by atoms with van der Waals surface area (Å²) < 4.78 is 5.35. The minimum Gasteiger partial charge on any atom is -0.445 e. The van der Waals surface area contributed by atoms with Crippen LogP contribution in [0.2, 0.25) is 0 Å². The maximum Gasteiger partial charge on any atom is 0.408 e. The summed E-state index contributed by atoms with van der Waals surface area (Å²) in [6.07, 6.45) is 0.397. The molecule has 8 nitrogen and oxygen atoms in total. The first-order valence-electron chi connectivity index (χ1n) is 11.4. The van der Waals surface area contributed by atoms with E-state index >= 15 is 0 Å². The third kappa shape index (κ3) is 7.21. The lowest BCUT2D eigenvalue weighted by atomic mass is 9.98. The number of hydrogen-bond acceptors (Lipinski definition) is 5. The van der Waals surface area contributed by atoms with Crippen LogP contribution in [0.4, 0.5) is 4.79 Å². The van der Waals surface area contributed by atoms with E-state index in [1.54, 1.807) is 0 Å². The molecule has 0 radical (unpaired) electrons. The van der Waals surface area contributed by atoms with E-state index in [9.17, 15) is 19.2 Å². The highest BCUT2D eigenvalue weighted by atomic mass is 32.1. The van der Waals surface area contributed by atoms with Crippen LogP contribution < -0.4 is 16.0 Å². The Bertz CT molecular complexity index is 1060. The summed E-state index contributed by atoms with van der Waals surface area (Å²) in [6.45, 7) is 4.45. The van der Waals surface area contributed by atoms with Crippen molar-refractivity contribution in [2.24, 2.45) is 11.8 Å². The van der Waals surface area contributed by atoms with Gasteiger partial charge in [0.05, 0.1) is 6.04 Å². The van der Waals surface area contributed by atoms with Crippen LogP contribution in [0.1, 0.15) is 38.7 Å². The topological polar surface area (TPSA) is 114 Å². The lowest BCUT2D eigenvalue weighted by Gasteiger charge is -2.24. The molecule has 0 aromatic heterocycles. The van der Waals surface area contributed by atoms with Crippen LogP contribution in [0.15, 0.2) is 42.5 Å². The molecule has 0 aliphatic carbocycles. The van der Waals surface area contributed by atoms with Gasteiger partial charge in [-0.25, -0.2) is 4.79 Å². The van der Waals surface area contributed by atoms with Gasteiger partial charge < -0.3 is 20.7 Å². The van der Waals surface area contributed by atoms with Crippen LogP contribution in [-0.2, 0) is 25.7 Å². The lowest BCUT2D eigenvalue weighted by Crippen LogP contribution is -2.52. The summed E-state index contributed by atoms with van der Waals surface area (Å²) in [5.41, 5.74) is 0.828. The Kier molecular flexibility index (Phi) is 8.92. The molecule has 3 N–H and O–H groups in total. The fraction of sp³-hybridized carbons (Fsp3) is 0.440. The second kappa shape index (κ2) is 11.9. The van der Waals surface area contributed by atoms with Crippen LogP contribution in [0.5, 0.6) is 0 Å². The lowest BCUT2D eigenvalue weighted by molar-refractivity contribution is -0.128. The van der Waals surface area contributed by atoms with E-state index in [2.05, 4.69) is 28.6 Å². The number of nitrogens with one attached hydrogen (secondary N) is 3. The van der Waals surface area contributed by atoms with Crippen LogP contribution in [-0.4, -0.2) is 41.7 Å². The zero-order chi connectivity index (χ0) is 24.7. The van der Waals surface area contributed by atoms with Crippen molar-refractivity contribution in [3.8, 4) is 0 Å². The highest BCUT2D eigenvalue weighted by Gasteiger charge is 2.32. The van der Waals surface area contributed by atoms with E-state index in [0.717, 1.165) is 16.3 Å². The van der Waals surface area contributed by atoms with Crippen molar-refractivity contribution in [1.29, 1.82) is 0 Å². The molecule has 2 aromatic carbocycles. The molecule has 1 fully saturated rings. The number of benzene rings is 2. The zero-order valence-electron chi connectivity index (χ0n) is 19.4. The molecule has 1 aliphatic heterocycles. The first-order chi connectivity index (χ1) is 16.2. The van der Waals surface area contributed by atoms with Crippen LogP contribution >= 0.6 is 12.6 Å². The van der Waals surface area contributed by atoms with E-state index in [0.29, 0.717) is 19.4 Å². The van der Waals surface area contributed by atoms with Gasteiger partial charge in [-0.1, -0.05) is 50.2 Å². The average molecular weight is 486 g/mol. The van der Waals surface area contributed by atoms with Gasteiger partial charge in [0, 0.05) is 12.5 Å². The maximum absolute atomic E-state index is 12.9. The predicted molar refractivity (Wildman–Crippen MR) is 132 cm³/mol. The number of thiol groups is 1. The number of ether oxygens (including phenoxy) is 1. The Morgan fingerprint density at radius 2 is 1.82 bits per heavy atom. The Balaban J connectivity index is 1.59. The third-order valence-electron chi connectivity index (χ3n) is 5.80. The molecule has 0 spiro atoms. The van der Waals surface area contributed by atoms with Gasteiger partial charge in [-0.05, 0) is 47.6 Å². The molecule has 1 saturated heterocycles. The summed E-state index contributed by atoms with van der Waals surface area (Å²) in [5.74, 6) is -0.905. The Morgan fingerprint density at radius 3 is 2.47 bits per heavy atom. The minimum absolute atomic E-state index is 0.0568. The molecule has 3 amide bonds. The number of rotatable bonds is 10. The molecule has 2 aromatic rings. The standard InChI is InChI=1S/C25H31N3O5S/c1-15(2)11-20(23(30)27-21(24(31)34)13-19-9-10-26-22(19)29)28-25(32)33-14-16-7-8-17-5-3-4-6-18(17)12-16/h3-8,12,15,19-21H,9-11,13-14H2,1-2H3,(H,26,29)(H,27,30)(H,28,32)(H,31,34)/t19-,20-,21-/m0/s1. The van der Waals surface area contributed by atoms with Gasteiger partial charge in [-0.15, -0.1) is 12.6 Å². The number of carbonyl (C=O) groups excluding carboxylic acids is 4. The first kappa shape index (κ1) is 25.6. The summed E-state index contributed by atoms with van der Waals surface area (Å²) in [4.78, 5) is 49.3. The number of amides is 3. The van der Waals surface area contributed by atoms with E-state index in [1.807, 2.05) is 56.3 Å². The molecule has 34 heavy (non-hydrogen) atoms. The van der Waals surface area contributed by atoms with Crippen molar-refractivity contribution in [2.45, 2.75) is 51.8 Å². The minimum atomic E-state index is -0.922. The van der Waals surface area contributed by atoms with Crippen molar-refractivity contribution >= 4 is 46.4 Å². The zero-order valence-corrected chi connectivity index (χ0v) is 20.3. The first-order valence-corrected chi connectivity index (χ1v) is 11.9. The second-order valence-corrected chi connectivity index (χ2v) is 9.44. The monoisotopic (exact) mass is 485 g/mol. The molecule has 1 aliphatic rings. The molecule has 0 saturated carbocycles. The molecule has 182 valence electrons. The van der Waals surface area contributed by atoms with E-state index in [1.165, 1.54) is 0 Å². The molecule has 1 heterocycles. The van der Waals surface area contributed by atoms with Gasteiger partial charge in [0.1, 0.15) is 12.6 Å². The predicted octanol–water partition coefficient (Wildman–Crippen LogP) is 2.95. The van der Waals surface area contributed by atoms with Gasteiger partial charge in [0.25, 0.3) is 0 Å². The third-order valence-corrected chi connectivity index (χ3v) is 6.11. The molecular formula is C25H31N3O5S. The largest absolute Gasteiger partial charge is 0.445 e. The number of fused-ring (bicyclic) bond motifs is 1. The van der Waals surface area contributed by atoms with Gasteiger partial charge in [0.15, 0.2) is 0 Å². The quantitative estimate of drug-likeness (QED) is 0.387. The second-order valence-electron chi connectivity index (χ2n) is 9.00. The molecule has 9 heteroatoms. The average Bonchev–Trinajstić information content (AvgIpc) is 3.20. The number of hydrogen-bond donors (Lipinski definition) is 4. The van der Waals surface area contributed by atoms with Crippen molar-refractivity contribution in [2.75, 3.05) is 6.54 Å². The molecular weight excluding hydrogens is 454 g/mol. The summed E-state index contributed by atoms with van der Waals surface area (Å²) >= 11 is 3.88. The molecule has 3 atom stereocenters. The normalized spacial score (nSPS) is 17.2. The number of carbonyl (C=O) groups is 4. The van der Waals surface area contributed by atoms with Crippen LogP contribution in [0.25, 0.3) is 10.8 Å². The SMILES string of the molecule is CC(C)C[C@H](NC(=O)OCc1ccc2ccccc2c1)C(=O)N[C@@H](C[C@@H]1CCNC1=O)C(=O)S. The van der Waals surface area contributed by atoms with Crippen molar-refractivity contribution in [1.82, 2.24) is 16.0 Å². The Hall–Kier alpha value is -3.07. The van der Waals surface area contributed by atoms with Crippen LogP contribution in [0, 0.1) is 11.8 Å².